The Bertz CT molecular complexity index is 990. The van der Waals surface area contributed by atoms with Gasteiger partial charge in [-0.05, 0) is 32.9 Å². The van der Waals surface area contributed by atoms with Gasteiger partial charge < -0.3 is 5.11 Å². The molecule has 9 heteroatoms. The maximum absolute atomic E-state index is 12.4. The number of nitrogens with one attached hydrogen (secondary N) is 2. The van der Waals surface area contributed by atoms with E-state index in [1.807, 2.05) is 0 Å². The number of rotatable bonds is 4. The minimum atomic E-state index is -3.93. The van der Waals surface area contributed by atoms with Crippen molar-refractivity contribution >= 4 is 36.5 Å². The Hall–Kier alpha value is -1.84. The third-order valence-corrected chi connectivity index (χ3v) is 5.40. The topological polar surface area (TPSA) is 113 Å². The van der Waals surface area contributed by atoms with Crippen LogP contribution in [0.2, 0.25) is 0 Å². The van der Waals surface area contributed by atoms with Gasteiger partial charge in [-0.15, -0.1) is 0 Å². The fraction of sp³-hybridized carbons (Fsp3) is 0.333. The molecule has 2 rings (SSSR count). The number of hydrogen-bond acceptors (Lipinski definition) is 5. The highest BCUT2D eigenvalue weighted by Gasteiger charge is 2.26. The molecule has 0 radical (unpaired) electrons. The Morgan fingerprint density at radius 1 is 0.958 bits per heavy atom. The van der Waals surface area contributed by atoms with E-state index in [9.17, 15) is 21.9 Å². The lowest BCUT2D eigenvalue weighted by Crippen LogP contribution is -2.40. The Balaban J connectivity index is 2.65. The molecule has 7 nitrogen and oxygen atoms in total. The van der Waals surface area contributed by atoms with Crippen molar-refractivity contribution in [3.8, 4) is 5.75 Å². The number of anilines is 1. The predicted molar refractivity (Wildman–Crippen MR) is 94.2 cm³/mol. The molecule has 0 bridgehead atoms. The van der Waals surface area contributed by atoms with Crippen molar-refractivity contribution in [2.24, 2.45) is 0 Å². The Labute approximate surface area is 141 Å². The number of phenolic OH excluding ortho intramolecular Hbond substituents is 1. The van der Waals surface area contributed by atoms with Crippen molar-refractivity contribution in [1.82, 2.24) is 4.72 Å². The molecule has 3 N–H and O–H groups in total. The van der Waals surface area contributed by atoms with E-state index in [0.29, 0.717) is 5.39 Å². The van der Waals surface area contributed by atoms with Crippen LogP contribution in [0.15, 0.2) is 35.2 Å². The smallest absolute Gasteiger partial charge is 0.244 e. The normalized spacial score (nSPS) is 13.2. The quantitative estimate of drug-likeness (QED) is 0.760. The fourth-order valence-electron chi connectivity index (χ4n) is 2.29. The lowest BCUT2D eigenvalue weighted by Gasteiger charge is -2.21. The zero-order valence-corrected chi connectivity index (χ0v) is 15.4. The molecule has 0 aliphatic rings. The standard InChI is InChI=1S/C15H20N2O5S2/c1-15(2,3)17-24(21,22)13-9-8-10-11(14(13)18)6-5-7-12(10)16-23(4,19)20/h5-9,16-18H,1-4H3. The van der Waals surface area contributed by atoms with Crippen LogP contribution in [0.5, 0.6) is 5.75 Å². The molecule has 0 fully saturated rings. The number of phenols is 1. The fourth-order valence-corrected chi connectivity index (χ4v) is 4.39. The zero-order chi connectivity index (χ0) is 18.3. The molecule has 2 aromatic rings. The van der Waals surface area contributed by atoms with E-state index >= 15 is 0 Å². The summed E-state index contributed by atoms with van der Waals surface area (Å²) < 4.78 is 52.6. The Kier molecular flexibility index (Phi) is 4.55. The maximum atomic E-state index is 12.4. The third kappa shape index (κ3) is 4.16. The minimum absolute atomic E-state index is 0.237. The van der Waals surface area contributed by atoms with Crippen LogP contribution in [0.4, 0.5) is 5.69 Å². The minimum Gasteiger partial charge on any atom is -0.506 e. The summed E-state index contributed by atoms with van der Waals surface area (Å²) in [6.45, 7) is 5.07. The Morgan fingerprint density at radius 2 is 1.58 bits per heavy atom. The highest BCUT2D eigenvalue weighted by atomic mass is 32.2. The lowest BCUT2D eigenvalue weighted by molar-refractivity contribution is 0.458. The summed E-state index contributed by atoms with van der Waals surface area (Å²) in [5.41, 5.74) is -0.446. The molecule has 0 heterocycles. The van der Waals surface area contributed by atoms with Crippen molar-refractivity contribution in [2.45, 2.75) is 31.2 Å². The Morgan fingerprint density at radius 3 is 2.12 bits per heavy atom. The summed E-state index contributed by atoms with van der Waals surface area (Å²) in [4.78, 5) is -0.263. The van der Waals surface area contributed by atoms with Crippen molar-refractivity contribution < 1.29 is 21.9 Å². The van der Waals surface area contributed by atoms with Crippen molar-refractivity contribution in [3.63, 3.8) is 0 Å². The molecule has 0 amide bonds. The van der Waals surface area contributed by atoms with Crippen molar-refractivity contribution in [3.05, 3.63) is 30.3 Å². The van der Waals surface area contributed by atoms with E-state index < -0.39 is 31.3 Å². The van der Waals surface area contributed by atoms with Crippen LogP contribution in [0.1, 0.15) is 20.8 Å². The van der Waals surface area contributed by atoms with Gasteiger partial charge >= 0.3 is 0 Å². The van der Waals surface area contributed by atoms with E-state index in [2.05, 4.69) is 9.44 Å². The average molecular weight is 372 g/mol. The maximum Gasteiger partial charge on any atom is 0.244 e. The first-order valence-corrected chi connectivity index (χ1v) is 10.4. The van der Waals surface area contributed by atoms with E-state index in [1.54, 1.807) is 20.8 Å². The molecular weight excluding hydrogens is 352 g/mol. The van der Waals surface area contributed by atoms with Gasteiger partial charge in [-0.25, -0.2) is 21.6 Å². The third-order valence-electron chi connectivity index (χ3n) is 3.02. The van der Waals surface area contributed by atoms with E-state index in [1.165, 1.54) is 30.3 Å². The first kappa shape index (κ1) is 18.5. The van der Waals surface area contributed by atoms with Crippen LogP contribution in [0.3, 0.4) is 0 Å². The van der Waals surface area contributed by atoms with Gasteiger partial charge in [-0.1, -0.05) is 18.2 Å². The second-order valence-electron chi connectivity index (χ2n) is 6.54. The molecule has 0 atom stereocenters. The van der Waals surface area contributed by atoms with Gasteiger partial charge in [0.2, 0.25) is 20.0 Å². The zero-order valence-electron chi connectivity index (χ0n) is 13.8. The number of benzene rings is 2. The molecule has 132 valence electrons. The van der Waals surface area contributed by atoms with Crippen LogP contribution in [-0.2, 0) is 20.0 Å². The molecule has 0 aliphatic carbocycles. The van der Waals surface area contributed by atoms with Gasteiger partial charge in [0.05, 0.1) is 11.9 Å². The average Bonchev–Trinajstić information content (AvgIpc) is 2.35. The van der Waals surface area contributed by atoms with Gasteiger partial charge in [0.25, 0.3) is 0 Å². The molecular formula is C15H20N2O5S2. The van der Waals surface area contributed by atoms with Crippen LogP contribution >= 0.6 is 0 Å². The molecule has 2 aromatic carbocycles. The van der Waals surface area contributed by atoms with Crippen molar-refractivity contribution in [1.29, 1.82) is 0 Å². The molecule has 0 spiro atoms. The van der Waals surface area contributed by atoms with Gasteiger partial charge in [0.15, 0.2) is 0 Å². The van der Waals surface area contributed by atoms with Crippen LogP contribution in [0.25, 0.3) is 10.8 Å². The first-order valence-electron chi connectivity index (χ1n) is 7.07. The second kappa shape index (κ2) is 5.91. The summed E-state index contributed by atoms with van der Waals surface area (Å²) >= 11 is 0. The number of aromatic hydroxyl groups is 1. The molecule has 0 aromatic heterocycles. The van der Waals surface area contributed by atoms with Gasteiger partial charge in [0, 0.05) is 16.3 Å². The SMILES string of the molecule is CC(C)(C)NS(=O)(=O)c1ccc2c(NS(C)(=O)=O)cccc2c1O. The van der Waals surface area contributed by atoms with Crippen LogP contribution in [-0.4, -0.2) is 33.7 Å². The summed E-state index contributed by atoms with van der Waals surface area (Å²) in [5, 5.41) is 11.0. The first-order chi connectivity index (χ1) is 10.8. The van der Waals surface area contributed by atoms with Gasteiger partial charge in [-0.2, -0.15) is 0 Å². The predicted octanol–water partition coefficient (Wildman–Crippen LogP) is 1.99. The monoisotopic (exact) mass is 372 g/mol. The molecule has 24 heavy (non-hydrogen) atoms. The van der Waals surface area contributed by atoms with E-state index in [0.717, 1.165) is 6.26 Å². The molecule has 0 saturated heterocycles. The summed E-state index contributed by atoms with van der Waals surface area (Å²) in [6.07, 6.45) is 1.01. The summed E-state index contributed by atoms with van der Waals surface area (Å²) in [7, 11) is -7.43. The highest BCUT2D eigenvalue weighted by molar-refractivity contribution is 7.92. The summed E-state index contributed by atoms with van der Waals surface area (Å²) in [5.74, 6) is -0.429. The van der Waals surface area contributed by atoms with Crippen LogP contribution in [0, 0.1) is 0 Å². The van der Waals surface area contributed by atoms with E-state index in [-0.39, 0.29) is 16.0 Å². The van der Waals surface area contributed by atoms with Crippen LogP contribution < -0.4 is 9.44 Å². The highest BCUT2D eigenvalue weighted by Crippen LogP contribution is 2.35. The number of hydrogen-bond donors (Lipinski definition) is 3. The molecule has 0 aliphatic heterocycles. The summed E-state index contributed by atoms with van der Waals surface area (Å²) in [6, 6.07) is 7.29. The van der Waals surface area contributed by atoms with E-state index in [4.69, 9.17) is 0 Å². The molecule has 0 saturated carbocycles. The number of fused-ring (bicyclic) bond motifs is 1. The largest absolute Gasteiger partial charge is 0.506 e. The molecule has 0 unspecified atom stereocenters. The second-order valence-corrected chi connectivity index (χ2v) is 9.94. The van der Waals surface area contributed by atoms with Crippen molar-refractivity contribution in [2.75, 3.05) is 11.0 Å². The van der Waals surface area contributed by atoms with Gasteiger partial charge in [-0.3, -0.25) is 4.72 Å². The number of sulfonamides is 2. The lowest BCUT2D eigenvalue weighted by atomic mass is 10.1. The van der Waals surface area contributed by atoms with Gasteiger partial charge in [0.1, 0.15) is 10.6 Å².